The molecule has 1 amide bonds. The number of carboxylic acid groups (broad SMARTS) is 1. The Bertz CT molecular complexity index is 785. The average molecular weight is 355 g/mol. The summed E-state index contributed by atoms with van der Waals surface area (Å²) in [4.78, 5) is 23.2. The molecule has 0 saturated carbocycles. The summed E-state index contributed by atoms with van der Waals surface area (Å²) in [5.41, 5.74) is 3.43. The van der Waals surface area contributed by atoms with Gasteiger partial charge < -0.3 is 15.2 Å². The van der Waals surface area contributed by atoms with Gasteiger partial charge in [0.2, 0.25) is 5.91 Å². The van der Waals surface area contributed by atoms with E-state index in [0.717, 1.165) is 5.56 Å². The molecule has 5 nitrogen and oxygen atoms in total. The molecule has 2 rings (SSSR count). The van der Waals surface area contributed by atoms with Crippen molar-refractivity contribution < 1.29 is 19.4 Å². The van der Waals surface area contributed by atoms with E-state index in [2.05, 4.69) is 31.3 Å². The van der Waals surface area contributed by atoms with E-state index >= 15 is 0 Å². The highest BCUT2D eigenvalue weighted by atomic mass is 16.5. The number of carbonyl (C=O) groups excluding carboxylic acids is 1. The highest BCUT2D eigenvalue weighted by Gasteiger charge is 2.13. The van der Waals surface area contributed by atoms with Crippen molar-refractivity contribution >= 4 is 11.9 Å². The third kappa shape index (κ3) is 5.09. The van der Waals surface area contributed by atoms with Gasteiger partial charge in [-0.1, -0.05) is 37.3 Å². The first-order valence-corrected chi connectivity index (χ1v) is 8.64. The standard InChI is InChI=1S/C21H25NO4/c1-14-6-4-5-7-18(14)15(2)12-20(23)22-11-10-16-8-9-17(21(24)25)13-19(16)26-3/h4-9,13,15H,10-12H2,1-3H3,(H,22,23)(H,24,25). The molecule has 2 aromatic carbocycles. The molecular weight excluding hydrogens is 330 g/mol. The minimum atomic E-state index is -0.992. The first kappa shape index (κ1) is 19.5. The van der Waals surface area contributed by atoms with Gasteiger partial charge in [-0.05, 0) is 48.1 Å². The molecule has 1 unspecified atom stereocenters. The molecule has 5 heteroatoms. The van der Waals surface area contributed by atoms with E-state index in [1.165, 1.54) is 24.3 Å². The van der Waals surface area contributed by atoms with Crippen molar-refractivity contribution in [2.45, 2.75) is 32.6 Å². The number of aryl methyl sites for hydroxylation is 1. The third-order valence-corrected chi connectivity index (χ3v) is 4.46. The molecule has 26 heavy (non-hydrogen) atoms. The van der Waals surface area contributed by atoms with Crippen LogP contribution in [-0.4, -0.2) is 30.6 Å². The van der Waals surface area contributed by atoms with Crippen LogP contribution in [0, 0.1) is 6.92 Å². The van der Waals surface area contributed by atoms with E-state index in [9.17, 15) is 9.59 Å². The SMILES string of the molecule is COc1cc(C(=O)O)ccc1CCNC(=O)CC(C)c1ccccc1C. The molecule has 0 aliphatic heterocycles. The molecule has 0 aliphatic carbocycles. The summed E-state index contributed by atoms with van der Waals surface area (Å²) in [6.07, 6.45) is 1.01. The van der Waals surface area contributed by atoms with E-state index in [1.807, 2.05) is 12.1 Å². The Labute approximate surface area is 154 Å². The highest BCUT2D eigenvalue weighted by Crippen LogP contribution is 2.23. The molecule has 2 aromatic rings. The number of benzene rings is 2. The van der Waals surface area contributed by atoms with Gasteiger partial charge in [0.05, 0.1) is 12.7 Å². The second kappa shape index (κ2) is 9.04. The van der Waals surface area contributed by atoms with Crippen molar-refractivity contribution in [3.63, 3.8) is 0 Å². The Morgan fingerprint density at radius 2 is 1.92 bits per heavy atom. The number of aromatic carboxylic acids is 1. The third-order valence-electron chi connectivity index (χ3n) is 4.46. The van der Waals surface area contributed by atoms with Gasteiger partial charge in [0.1, 0.15) is 5.75 Å². The van der Waals surface area contributed by atoms with Crippen molar-refractivity contribution in [1.82, 2.24) is 5.32 Å². The number of ether oxygens (including phenoxy) is 1. The summed E-state index contributed by atoms with van der Waals surface area (Å²) in [6.45, 7) is 4.58. The molecule has 0 aromatic heterocycles. The molecule has 0 saturated heterocycles. The predicted molar refractivity (Wildman–Crippen MR) is 101 cm³/mol. The summed E-state index contributed by atoms with van der Waals surface area (Å²) in [6, 6.07) is 12.9. The lowest BCUT2D eigenvalue weighted by Crippen LogP contribution is -2.27. The van der Waals surface area contributed by atoms with E-state index in [4.69, 9.17) is 9.84 Å². The number of methoxy groups -OCH3 is 1. The Morgan fingerprint density at radius 1 is 1.19 bits per heavy atom. The van der Waals surface area contributed by atoms with E-state index < -0.39 is 5.97 Å². The number of nitrogens with one attached hydrogen (secondary N) is 1. The van der Waals surface area contributed by atoms with Gasteiger partial charge in [-0.3, -0.25) is 4.79 Å². The first-order valence-electron chi connectivity index (χ1n) is 8.64. The van der Waals surface area contributed by atoms with E-state index in [-0.39, 0.29) is 17.4 Å². The van der Waals surface area contributed by atoms with Crippen LogP contribution < -0.4 is 10.1 Å². The molecular formula is C21H25NO4. The maximum atomic E-state index is 12.2. The maximum Gasteiger partial charge on any atom is 0.335 e. The second-order valence-electron chi connectivity index (χ2n) is 6.39. The number of hydrogen-bond donors (Lipinski definition) is 2. The van der Waals surface area contributed by atoms with Gasteiger partial charge in [0.15, 0.2) is 0 Å². The van der Waals surface area contributed by atoms with Crippen LogP contribution in [-0.2, 0) is 11.2 Å². The van der Waals surface area contributed by atoms with Gasteiger partial charge in [-0.2, -0.15) is 0 Å². The van der Waals surface area contributed by atoms with Crippen LogP contribution in [0.4, 0.5) is 0 Å². The van der Waals surface area contributed by atoms with Gasteiger partial charge >= 0.3 is 5.97 Å². The smallest absolute Gasteiger partial charge is 0.335 e. The molecule has 138 valence electrons. The highest BCUT2D eigenvalue weighted by molar-refractivity contribution is 5.88. The summed E-state index contributed by atoms with van der Waals surface area (Å²) >= 11 is 0. The Balaban J connectivity index is 1.88. The molecule has 0 aliphatic rings. The number of hydrogen-bond acceptors (Lipinski definition) is 3. The quantitative estimate of drug-likeness (QED) is 0.759. The predicted octanol–water partition coefficient (Wildman–Crippen LogP) is 3.55. The normalized spacial score (nSPS) is 11.7. The van der Waals surface area contributed by atoms with Crippen LogP contribution in [0.2, 0.25) is 0 Å². The molecule has 2 N–H and O–H groups in total. The fourth-order valence-corrected chi connectivity index (χ4v) is 3.02. The van der Waals surface area contributed by atoms with E-state index in [0.29, 0.717) is 25.1 Å². The van der Waals surface area contributed by atoms with Gasteiger partial charge in [-0.25, -0.2) is 4.79 Å². The molecule has 1 atom stereocenters. The second-order valence-corrected chi connectivity index (χ2v) is 6.39. The van der Waals surface area contributed by atoms with Crippen LogP contribution in [0.5, 0.6) is 5.75 Å². The zero-order valence-corrected chi connectivity index (χ0v) is 15.4. The van der Waals surface area contributed by atoms with Crippen molar-refractivity contribution in [2.24, 2.45) is 0 Å². The van der Waals surface area contributed by atoms with Gasteiger partial charge in [0, 0.05) is 13.0 Å². The van der Waals surface area contributed by atoms with Crippen LogP contribution in [0.15, 0.2) is 42.5 Å². The Kier molecular flexibility index (Phi) is 6.78. The average Bonchev–Trinajstić information content (AvgIpc) is 2.61. The minimum absolute atomic E-state index is 0.00174. The zero-order valence-electron chi connectivity index (χ0n) is 15.4. The number of carboxylic acids is 1. The van der Waals surface area contributed by atoms with Crippen LogP contribution in [0.1, 0.15) is 46.3 Å². The summed E-state index contributed by atoms with van der Waals surface area (Å²) in [7, 11) is 1.51. The Hall–Kier alpha value is -2.82. The van der Waals surface area contributed by atoms with Gasteiger partial charge in [0.25, 0.3) is 0 Å². The molecule has 0 heterocycles. The van der Waals surface area contributed by atoms with Gasteiger partial charge in [-0.15, -0.1) is 0 Å². The monoisotopic (exact) mass is 355 g/mol. The first-order chi connectivity index (χ1) is 12.4. The topological polar surface area (TPSA) is 75.6 Å². The van der Waals surface area contributed by atoms with Crippen molar-refractivity contribution in [3.8, 4) is 5.75 Å². The molecule has 0 bridgehead atoms. The Morgan fingerprint density at radius 3 is 2.58 bits per heavy atom. The number of rotatable bonds is 8. The fourth-order valence-electron chi connectivity index (χ4n) is 3.02. The van der Waals surface area contributed by atoms with Crippen LogP contribution in [0.25, 0.3) is 0 Å². The molecule has 0 spiro atoms. The largest absolute Gasteiger partial charge is 0.496 e. The maximum absolute atomic E-state index is 12.2. The lowest BCUT2D eigenvalue weighted by molar-refractivity contribution is -0.121. The van der Waals surface area contributed by atoms with Crippen molar-refractivity contribution in [2.75, 3.05) is 13.7 Å². The summed E-state index contributed by atoms with van der Waals surface area (Å²) in [5.74, 6) is -0.316. The number of carbonyl (C=O) groups is 2. The molecule has 0 fully saturated rings. The molecule has 0 radical (unpaired) electrons. The van der Waals surface area contributed by atoms with E-state index in [1.54, 1.807) is 12.1 Å². The number of amides is 1. The lowest BCUT2D eigenvalue weighted by atomic mass is 9.93. The lowest BCUT2D eigenvalue weighted by Gasteiger charge is -2.15. The van der Waals surface area contributed by atoms with Crippen LogP contribution >= 0.6 is 0 Å². The van der Waals surface area contributed by atoms with Crippen molar-refractivity contribution in [1.29, 1.82) is 0 Å². The summed E-state index contributed by atoms with van der Waals surface area (Å²) < 4.78 is 5.25. The zero-order chi connectivity index (χ0) is 19.1. The minimum Gasteiger partial charge on any atom is -0.496 e. The summed E-state index contributed by atoms with van der Waals surface area (Å²) in [5, 5.41) is 12.0. The van der Waals surface area contributed by atoms with Crippen molar-refractivity contribution in [3.05, 3.63) is 64.7 Å². The van der Waals surface area contributed by atoms with Crippen LogP contribution in [0.3, 0.4) is 0 Å². The fraction of sp³-hybridized carbons (Fsp3) is 0.333.